The molecular formula is C19H29N3O3. The van der Waals surface area contributed by atoms with E-state index in [4.69, 9.17) is 0 Å². The van der Waals surface area contributed by atoms with Gasteiger partial charge in [-0.1, -0.05) is 0 Å². The van der Waals surface area contributed by atoms with Gasteiger partial charge in [0.2, 0.25) is 5.91 Å². The third kappa shape index (κ3) is 2.97. The summed E-state index contributed by atoms with van der Waals surface area (Å²) < 4.78 is 2.15. The van der Waals surface area contributed by atoms with Crippen molar-refractivity contribution in [2.45, 2.75) is 46.6 Å². The Morgan fingerprint density at radius 2 is 2.04 bits per heavy atom. The lowest BCUT2D eigenvalue weighted by atomic mass is 9.78. The second kappa shape index (κ2) is 6.83. The normalized spacial score (nSPS) is 23.8. The van der Waals surface area contributed by atoms with Crippen LogP contribution in [0.4, 0.5) is 0 Å². The first-order valence-corrected chi connectivity index (χ1v) is 9.30. The molecule has 2 aliphatic rings. The fourth-order valence-electron chi connectivity index (χ4n) is 4.59. The number of carbonyl (C=O) groups is 2. The summed E-state index contributed by atoms with van der Waals surface area (Å²) in [6.45, 7) is 9.18. The summed E-state index contributed by atoms with van der Waals surface area (Å²) >= 11 is 0. The lowest BCUT2D eigenvalue weighted by Gasteiger charge is -2.39. The van der Waals surface area contributed by atoms with E-state index >= 15 is 0 Å². The minimum absolute atomic E-state index is 0.00648. The average molecular weight is 347 g/mol. The van der Waals surface area contributed by atoms with Crippen LogP contribution in [0.1, 0.15) is 47.9 Å². The molecule has 1 N–H and O–H groups in total. The first kappa shape index (κ1) is 18.0. The highest BCUT2D eigenvalue weighted by molar-refractivity contribution is 5.97. The molecule has 6 nitrogen and oxygen atoms in total. The van der Waals surface area contributed by atoms with Crippen LogP contribution < -0.4 is 0 Å². The van der Waals surface area contributed by atoms with Gasteiger partial charge in [-0.2, -0.15) is 0 Å². The van der Waals surface area contributed by atoms with Crippen molar-refractivity contribution in [2.24, 2.45) is 5.41 Å². The molecular weight excluding hydrogens is 318 g/mol. The van der Waals surface area contributed by atoms with Crippen molar-refractivity contribution in [1.82, 2.24) is 14.4 Å². The van der Waals surface area contributed by atoms with E-state index in [1.54, 1.807) is 4.90 Å². The van der Waals surface area contributed by atoms with E-state index in [1.165, 1.54) is 0 Å². The van der Waals surface area contributed by atoms with Gasteiger partial charge in [-0.15, -0.1) is 0 Å². The molecule has 2 amide bonds. The summed E-state index contributed by atoms with van der Waals surface area (Å²) in [5.41, 5.74) is 2.41. The SMILES string of the molecule is CCn1c(C)cc(C(=O)N2CC[C@@]3(CCCN(CCO)C3=O)C2)c1C. The van der Waals surface area contributed by atoms with Crippen molar-refractivity contribution >= 4 is 11.8 Å². The van der Waals surface area contributed by atoms with Crippen LogP contribution in [-0.2, 0) is 11.3 Å². The molecule has 0 unspecified atom stereocenters. The fraction of sp³-hybridized carbons (Fsp3) is 0.684. The fourth-order valence-corrected chi connectivity index (χ4v) is 4.59. The van der Waals surface area contributed by atoms with Crippen LogP contribution in [0.5, 0.6) is 0 Å². The van der Waals surface area contributed by atoms with Crippen molar-refractivity contribution in [3.63, 3.8) is 0 Å². The molecule has 1 aromatic heterocycles. The summed E-state index contributed by atoms with van der Waals surface area (Å²) in [6.07, 6.45) is 2.51. The van der Waals surface area contributed by atoms with E-state index in [1.807, 2.05) is 24.8 Å². The summed E-state index contributed by atoms with van der Waals surface area (Å²) in [4.78, 5) is 29.5. The largest absolute Gasteiger partial charge is 0.395 e. The smallest absolute Gasteiger partial charge is 0.255 e. The number of aliphatic hydroxyl groups excluding tert-OH is 1. The molecule has 0 aliphatic carbocycles. The Kier molecular flexibility index (Phi) is 4.91. The first-order chi connectivity index (χ1) is 11.9. The number of β-amino-alcohol motifs (C(OH)–C–C–N with tert-alkyl or cyclic N) is 1. The van der Waals surface area contributed by atoms with Gasteiger partial charge in [-0.25, -0.2) is 0 Å². The molecule has 3 rings (SSSR count). The van der Waals surface area contributed by atoms with Crippen LogP contribution in [-0.4, -0.2) is 64.1 Å². The Balaban J connectivity index is 1.78. The lowest BCUT2D eigenvalue weighted by Crippen LogP contribution is -2.51. The van der Waals surface area contributed by atoms with Crippen molar-refractivity contribution in [1.29, 1.82) is 0 Å². The molecule has 2 saturated heterocycles. The Morgan fingerprint density at radius 3 is 2.68 bits per heavy atom. The number of piperidine rings is 1. The highest BCUT2D eigenvalue weighted by atomic mass is 16.3. The minimum Gasteiger partial charge on any atom is -0.395 e. The molecule has 0 saturated carbocycles. The zero-order chi connectivity index (χ0) is 18.2. The Hall–Kier alpha value is -1.82. The van der Waals surface area contributed by atoms with E-state index in [-0.39, 0.29) is 18.4 Å². The monoisotopic (exact) mass is 347 g/mol. The number of hydrogen-bond acceptors (Lipinski definition) is 3. The zero-order valence-electron chi connectivity index (χ0n) is 15.5. The van der Waals surface area contributed by atoms with Crippen molar-refractivity contribution in [3.05, 3.63) is 23.0 Å². The third-order valence-corrected chi connectivity index (χ3v) is 5.96. The second-order valence-electron chi connectivity index (χ2n) is 7.41. The third-order valence-electron chi connectivity index (χ3n) is 5.96. The van der Waals surface area contributed by atoms with E-state index in [0.717, 1.165) is 42.8 Å². The molecule has 1 atom stereocenters. The number of nitrogens with zero attached hydrogens (tertiary/aromatic N) is 3. The quantitative estimate of drug-likeness (QED) is 0.899. The first-order valence-electron chi connectivity index (χ1n) is 9.30. The predicted octanol–water partition coefficient (Wildman–Crippen LogP) is 1.57. The molecule has 0 radical (unpaired) electrons. The van der Waals surface area contributed by atoms with E-state index in [9.17, 15) is 14.7 Å². The number of aryl methyl sites for hydroxylation is 1. The molecule has 0 aromatic carbocycles. The van der Waals surface area contributed by atoms with Crippen LogP contribution >= 0.6 is 0 Å². The standard InChI is InChI=1S/C19H29N3O3/c1-4-22-14(2)12-16(15(22)3)17(24)21-9-7-19(13-21)6-5-8-20(10-11-23)18(19)25/h12,23H,4-11,13H2,1-3H3/t19-/m0/s1. The molecule has 138 valence electrons. The summed E-state index contributed by atoms with van der Waals surface area (Å²) in [7, 11) is 0. The molecule has 2 fully saturated rings. The molecule has 1 spiro atoms. The molecule has 6 heteroatoms. The van der Waals surface area contributed by atoms with E-state index < -0.39 is 5.41 Å². The predicted molar refractivity (Wildman–Crippen MR) is 95.4 cm³/mol. The lowest BCUT2D eigenvalue weighted by molar-refractivity contribution is -0.146. The van der Waals surface area contributed by atoms with Gasteiger partial charge >= 0.3 is 0 Å². The number of aromatic nitrogens is 1. The van der Waals surface area contributed by atoms with Crippen molar-refractivity contribution in [2.75, 3.05) is 32.8 Å². The van der Waals surface area contributed by atoms with Crippen LogP contribution in [0.25, 0.3) is 0 Å². The highest BCUT2D eigenvalue weighted by Crippen LogP contribution is 2.40. The molecule has 25 heavy (non-hydrogen) atoms. The molecule has 3 heterocycles. The van der Waals surface area contributed by atoms with Crippen LogP contribution in [0.3, 0.4) is 0 Å². The highest BCUT2D eigenvalue weighted by Gasteiger charge is 2.49. The maximum atomic E-state index is 13.0. The van der Waals surface area contributed by atoms with Crippen LogP contribution in [0.2, 0.25) is 0 Å². The summed E-state index contributed by atoms with van der Waals surface area (Å²) in [5.74, 6) is 0.152. The van der Waals surface area contributed by atoms with Gasteiger partial charge in [0.15, 0.2) is 0 Å². The van der Waals surface area contributed by atoms with Crippen molar-refractivity contribution < 1.29 is 14.7 Å². The Labute approximate surface area is 149 Å². The van der Waals surface area contributed by atoms with E-state index in [2.05, 4.69) is 11.5 Å². The average Bonchev–Trinajstić information content (AvgIpc) is 3.14. The number of aliphatic hydroxyl groups is 1. The van der Waals surface area contributed by atoms with Crippen molar-refractivity contribution in [3.8, 4) is 0 Å². The summed E-state index contributed by atoms with van der Waals surface area (Å²) in [6, 6.07) is 1.97. The van der Waals surface area contributed by atoms with Gasteiger partial charge < -0.3 is 19.5 Å². The molecule has 1 aromatic rings. The van der Waals surface area contributed by atoms with E-state index in [0.29, 0.717) is 26.2 Å². The minimum atomic E-state index is -0.445. The molecule has 0 bridgehead atoms. The van der Waals surface area contributed by atoms with Gasteiger partial charge in [-0.3, -0.25) is 9.59 Å². The van der Waals surface area contributed by atoms with Gasteiger partial charge in [0.05, 0.1) is 17.6 Å². The van der Waals surface area contributed by atoms with Crippen LogP contribution in [0, 0.1) is 19.3 Å². The Bertz CT molecular complexity index is 680. The van der Waals surface area contributed by atoms with Gasteiger partial charge in [-0.05, 0) is 46.1 Å². The second-order valence-corrected chi connectivity index (χ2v) is 7.41. The number of hydrogen-bond donors (Lipinski definition) is 1. The number of carbonyl (C=O) groups excluding carboxylic acids is 2. The van der Waals surface area contributed by atoms with Gasteiger partial charge in [0, 0.05) is 44.1 Å². The molecule has 2 aliphatic heterocycles. The Morgan fingerprint density at radius 1 is 1.28 bits per heavy atom. The number of rotatable bonds is 4. The maximum absolute atomic E-state index is 13.0. The number of amides is 2. The zero-order valence-corrected chi connectivity index (χ0v) is 15.5. The van der Waals surface area contributed by atoms with Crippen LogP contribution in [0.15, 0.2) is 6.07 Å². The summed E-state index contributed by atoms with van der Waals surface area (Å²) in [5, 5.41) is 9.18. The number of likely N-dealkylation sites (tertiary alicyclic amines) is 2. The maximum Gasteiger partial charge on any atom is 0.255 e. The topological polar surface area (TPSA) is 65.8 Å². The van der Waals surface area contributed by atoms with Gasteiger partial charge in [0.25, 0.3) is 5.91 Å². The van der Waals surface area contributed by atoms with Gasteiger partial charge in [0.1, 0.15) is 0 Å².